The Balaban J connectivity index is 3.46. The smallest absolute Gasteiger partial charge is 0.305 e. The Kier molecular flexibility index (Phi) is 50.1. The van der Waals surface area contributed by atoms with Gasteiger partial charge in [0.25, 0.3) is 0 Å². The van der Waals surface area contributed by atoms with Crippen LogP contribution in [0.4, 0.5) is 0 Å². The summed E-state index contributed by atoms with van der Waals surface area (Å²) in [6.07, 6.45) is 62.8. The maximum atomic E-state index is 12.4. The molecule has 6 nitrogen and oxygen atoms in total. The van der Waals surface area contributed by atoms with Gasteiger partial charge in [-0.15, -0.1) is 0 Å². The average Bonchev–Trinajstić information content (AvgIpc) is 3.27. The lowest BCUT2D eigenvalue weighted by Gasteiger charge is -2.22. The lowest BCUT2D eigenvalue weighted by atomic mass is 10.0. The van der Waals surface area contributed by atoms with Crippen molar-refractivity contribution in [1.29, 1.82) is 0 Å². The van der Waals surface area contributed by atoms with Crippen LogP contribution in [0.25, 0.3) is 0 Å². The lowest BCUT2D eigenvalue weighted by molar-refractivity contribution is -0.143. The predicted octanol–water partition coefficient (Wildman–Crippen LogP) is 16.5. The first kappa shape index (κ1) is 60.1. The molecule has 0 spiro atoms. The van der Waals surface area contributed by atoms with E-state index in [1.54, 1.807) is 0 Å². The van der Waals surface area contributed by atoms with Crippen molar-refractivity contribution in [2.24, 2.45) is 0 Å². The number of hydrogen-bond donors (Lipinski definition) is 3. The van der Waals surface area contributed by atoms with Gasteiger partial charge in [0.1, 0.15) is 0 Å². The van der Waals surface area contributed by atoms with Crippen LogP contribution < -0.4 is 5.32 Å². The molecule has 0 saturated heterocycles. The van der Waals surface area contributed by atoms with E-state index in [0.29, 0.717) is 25.9 Å². The molecule has 0 aromatic heterocycles. The molecule has 62 heavy (non-hydrogen) atoms. The molecule has 0 heterocycles. The molecule has 0 bridgehead atoms. The highest BCUT2D eigenvalue weighted by Crippen LogP contribution is 2.16. The molecule has 0 aromatic carbocycles. The normalized spacial score (nSPS) is 12.9. The van der Waals surface area contributed by atoms with Crippen molar-refractivity contribution < 1.29 is 24.5 Å². The Labute approximate surface area is 385 Å². The fraction of sp³-hybridized carbons (Fsp3) is 0.857. The third-order valence-corrected chi connectivity index (χ3v) is 12.4. The summed E-state index contributed by atoms with van der Waals surface area (Å²) in [6.45, 7) is 4.88. The second-order valence-electron chi connectivity index (χ2n) is 18.6. The summed E-state index contributed by atoms with van der Waals surface area (Å²) in [4.78, 5) is 24.4. The van der Waals surface area contributed by atoms with Gasteiger partial charge in [-0.05, 0) is 89.9 Å². The predicted molar refractivity (Wildman–Crippen MR) is 269 cm³/mol. The van der Waals surface area contributed by atoms with Gasteiger partial charge in [-0.1, -0.05) is 217 Å². The Morgan fingerprint density at radius 1 is 0.452 bits per heavy atom. The third-order valence-electron chi connectivity index (χ3n) is 12.4. The van der Waals surface area contributed by atoms with Gasteiger partial charge in [-0.25, -0.2) is 0 Å². The zero-order valence-electron chi connectivity index (χ0n) is 41.4. The molecule has 0 fully saturated rings. The molecular weight excluding hydrogens is 767 g/mol. The topological polar surface area (TPSA) is 95.9 Å². The summed E-state index contributed by atoms with van der Waals surface area (Å²) in [7, 11) is 0. The van der Waals surface area contributed by atoms with E-state index in [4.69, 9.17) is 4.74 Å². The van der Waals surface area contributed by atoms with E-state index in [1.165, 1.54) is 167 Å². The highest BCUT2D eigenvalue weighted by atomic mass is 16.5. The largest absolute Gasteiger partial charge is 0.466 e. The second kappa shape index (κ2) is 51.7. The van der Waals surface area contributed by atoms with Gasteiger partial charge in [0.2, 0.25) is 5.91 Å². The molecule has 1 amide bonds. The molecule has 0 saturated carbocycles. The number of aliphatic hydroxyl groups excluding tert-OH is 2. The van der Waals surface area contributed by atoms with Crippen molar-refractivity contribution in [2.75, 3.05) is 13.2 Å². The molecule has 0 aliphatic heterocycles. The average molecular weight is 872 g/mol. The van der Waals surface area contributed by atoms with Crippen LogP contribution in [-0.2, 0) is 14.3 Å². The van der Waals surface area contributed by atoms with E-state index in [2.05, 4.69) is 55.6 Å². The van der Waals surface area contributed by atoms with Crippen molar-refractivity contribution >= 4 is 11.9 Å². The van der Waals surface area contributed by atoms with E-state index in [-0.39, 0.29) is 18.5 Å². The molecular formula is C56H105NO5. The van der Waals surface area contributed by atoms with Gasteiger partial charge in [0, 0.05) is 12.8 Å². The molecule has 6 heteroatoms. The molecule has 3 N–H and O–H groups in total. The standard InChI is InChI=1S/C56H105NO5/c1-3-5-7-9-11-13-14-15-16-17-18-21-24-27-30-34-38-42-46-50-56(61)62-51-47-43-39-35-31-28-25-22-19-20-23-26-29-33-37-41-45-49-55(60)57-53(52-58)54(59)48-44-40-36-32-12-10-8-6-4-2/h15-16,19,22,28,31,53-54,58-59H,3-14,17-18,20-21,23-27,29-30,32-52H2,1-2H3,(H,57,60)/b16-15-,22-19-,31-28-. The number of rotatable bonds is 50. The van der Waals surface area contributed by atoms with Crippen LogP contribution in [0.5, 0.6) is 0 Å². The van der Waals surface area contributed by atoms with Crippen LogP contribution in [0.15, 0.2) is 36.5 Å². The van der Waals surface area contributed by atoms with Crippen molar-refractivity contribution in [3.05, 3.63) is 36.5 Å². The number of hydrogen-bond acceptors (Lipinski definition) is 5. The maximum absolute atomic E-state index is 12.4. The van der Waals surface area contributed by atoms with E-state index in [9.17, 15) is 19.8 Å². The molecule has 0 radical (unpaired) electrons. The molecule has 0 aromatic rings. The van der Waals surface area contributed by atoms with Crippen LogP contribution >= 0.6 is 0 Å². The van der Waals surface area contributed by atoms with E-state index in [0.717, 1.165) is 83.5 Å². The van der Waals surface area contributed by atoms with Crippen LogP contribution in [0.1, 0.15) is 284 Å². The van der Waals surface area contributed by atoms with Gasteiger partial charge < -0.3 is 20.3 Å². The number of carbonyl (C=O) groups is 2. The van der Waals surface area contributed by atoms with Crippen LogP contribution in [0.2, 0.25) is 0 Å². The first-order valence-corrected chi connectivity index (χ1v) is 27.2. The third kappa shape index (κ3) is 47.6. The number of ether oxygens (including phenoxy) is 1. The van der Waals surface area contributed by atoms with Gasteiger partial charge in [0.15, 0.2) is 0 Å². The number of nitrogens with one attached hydrogen (secondary N) is 1. The first-order valence-electron chi connectivity index (χ1n) is 27.2. The SMILES string of the molecule is CCCCCCCC/C=C\CCCCCCCCCCCC(=O)OCCCCC/C=C\C/C=C\CCCCCCCCCC(=O)NC(CO)C(O)CCCCCCCCCCC. The van der Waals surface area contributed by atoms with Crippen LogP contribution in [-0.4, -0.2) is 47.4 Å². The van der Waals surface area contributed by atoms with Crippen molar-refractivity contribution in [2.45, 2.75) is 296 Å². The summed E-state index contributed by atoms with van der Waals surface area (Å²) in [6, 6.07) is -0.552. The summed E-state index contributed by atoms with van der Waals surface area (Å²) >= 11 is 0. The first-order chi connectivity index (χ1) is 30.5. The highest BCUT2D eigenvalue weighted by molar-refractivity contribution is 5.76. The van der Waals surface area contributed by atoms with Crippen molar-refractivity contribution in [3.63, 3.8) is 0 Å². The highest BCUT2D eigenvalue weighted by Gasteiger charge is 2.20. The van der Waals surface area contributed by atoms with E-state index in [1.807, 2.05) is 0 Å². The molecule has 0 aliphatic carbocycles. The van der Waals surface area contributed by atoms with E-state index >= 15 is 0 Å². The Morgan fingerprint density at radius 2 is 0.806 bits per heavy atom. The molecule has 2 unspecified atom stereocenters. The summed E-state index contributed by atoms with van der Waals surface area (Å²) in [5.41, 5.74) is 0. The number of carbonyl (C=O) groups excluding carboxylic acids is 2. The number of esters is 1. The molecule has 2 atom stereocenters. The minimum atomic E-state index is -0.673. The molecule has 0 aliphatic rings. The number of unbranched alkanes of at least 4 members (excludes halogenated alkanes) is 33. The number of amides is 1. The van der Waals surface area contributed by atoms with Gasteiger partial charge in [-0.3, -0.25) is 9.59 Å². The van der Waals surface area contributed by atoms with Crippen LogP contribution in [0, 0.1) is 0 Å². The number of allylic oxidation sites excluding steroid dienone is 6. The summed E-state index contributed by atoms with van der Waals surface area (Å²) in [5.74, 6) is -0.0707. The second-order valence-corrected chi connectivity index (χ2v) is 18.6. The fourth-order valence-electron chi connectivity index (χ4n) is 8.19. The lowest BCUT2D eigenvalue weighted by Crippen LogP contribution is -2.45. The number of aliphatic hydroxyl groups is 2. The van der Waals surface area contributed by atoms with E-state index < -0.39 is 12.1 Å². The minimum absolute atomic E-state index is 0.0165. The Bertz CT molecular complexity index is 1010. The quantitative estimate of drug-likeness (QED) is 0.0321. The van der Waals surface area contributed by atoms with Gasteiger partial charge in [-0.2, -0.15) is 0 Å². The zero-order valence-corrected chi connectivity index (χ0v) is 41.4. The fourth-order valence-corrected chi connectivity index (χ4v) is 8.19. The minimum Gasteiger partial charge on any atom is -0.466 e. The summed E-state index contributed by atoms with van der Waals surface area (Å²) in [5, 5.41) is 23.1. The van der Waals surface area contributed by atoms with Gasteiger partial charge in [0.05, 0.1) is 25.4 Å². The Hall–Kier alpha value is -1.92. The van der Waals surface area contributed by atoms with Crippen molar-refractivity contribution in [1.82, 2.24) is 5.32 Å². The molecule has 364 valence electrons. The Morgan fingerprint density at radius 3 is 1.24 bits per heavy atom. The summed E-state index contributed by atoms with van der Waals surface area (Å²) < 4.78 is 5.46. The van der Waals surface area contributed by atoms with Crippen molar-refractivity contribution in [3.8, 4) is 0 Å². The molecule has 0 rings (SSSR count). The zero-order chi connectivity index (χ0) is 45.1. The maximum Gasteiger partial charge on any atom is 0.305 e. The van der Waals surface area contributed by atoms with Gasteiger partial charge >= 0.3 is 5.97 Å². The monoisotopic (exact) mass is 872 g/mol. The van der Waals surface area contributed by atoms with Crippen LogP contribution in [0.3, 0.4) is 0 Å².